The van der Waals surface area contributed by atoms with Crippen molar-refractivity contribution in [2.45, 2.75) is 51.9 Å². The van der Waals surface area contributed by atoms with Crippen LogP contribution in [0.25, 0.3) is 0 Å². The fraction of sp³-hybridized carbons (Fsp3) is 0.588. The number of hydrogen-bond donors (Lipinski definition) is 1. The van der Waals surface area contributed by atoms with E-state index in [1.165, 1.54) is 6.07 Å². The van der Waals surface area contributed by atoms with Crippen molar-refractivity contribution in [3.8, 4) is 0 Å². The summed E-state index contributed by atoms with van der Waals surface area (Å²) in [5, 5.41) is 8.01. The first-order valence-corrected chi connectivity index (χ1v) is 8.02. The lowest BCUT2D eigenvalue weighted by Crippen LogP contribution is -2.20. The fourth-order valence-electron chi connectivity index (χ4n) is 2.37. The first-order chi connectivity index (χ1) is 10.2. The highest BCUT2D eigenvalue weighted by Crippen LogP contribution is 2.33. The summed E-state index contributed by atoms with van der Waals surface area (Å²) in [4.78, 5) is 0. The van der Waals surface area contributed by atoms with Crippen molar-refractivity contribution in [1.82, 2.24) is 0 Å². The van der Waals surface area contributed by atoms with Crippen molar-refractivity contribution in [1.29, 1.82) is 5.41 Å². The Morgan fingerprint density at radius 3 is 2.35 bits per heavy atom. The molecule has 0 saturated heterocycles. The van der Waals surface area contributed by atoms with Gasteiger partial charge in [0.15, 0.2) is 5.90 Å². The third-order valence-electron chi connectivity index (χ3n) is 3.51. The highest BCUT2D eigenvalue weighted by molar-refractivity contribution is 6.17. The zero-order chi connectivity index (χ0) is 16.9. The van der Waals surface area contributed by atoms with Crippen molar-refractivity contribution < 1.29 is 13.5 Å². The topological polar surface area (TPSA) is 33.1 Å². The molecule has 0 aromatic heterocycles. The molecule has 0 radical (unpaired) electrons. The van der Waals surface area contributed by atoms with Gasteiger partial charge >= 0.3 is 0 Å². The van der Waals surface area contributed by atoms with Crippen molar-refractivity contribution >= 4 is 29.9 Å². The second kappa shape index (κ2) is 9.43. The van der Waals surface area contributed by atoms with E-state index in [9.17, 15) is 8.78 Å². The highest BCUT2D eigenvalue weighted by Gasteiger charge is 2.27. The maximum atomic E-state index is 14.3. The Labute approximate surface area is 148 Å². The fourth-order valence-corrected chi connectivity index (χ4v) is 2.53. The zero-order valence-corrected chi connectivity index (χ0v) is 15.6. The minimum atomic E-state index is -0.644. The van der Waals surface area contributed by atoms with Crippen molar-refractivity contribution in [2.24, 2.45) is 0 Å². The van der Waals surface area contributed by atoms with Gasteiger partial charge in [-0.2, -0.15) is 0 Å². The van der Waals surface area contributed by atoms with Gasteiger partial charge in [0, 0.05) is 17.5 Å². The van der Waals surface area contributed by atoms with Crippen LogP contribution in [-0.4, -0.2) is 18.4 Å². The summed E-state index contributed by atoms with van der Waals surface area (Å²) in [6.07, 6.45) is 1.12. The zero-order valence-electron chi connectivity index (χ0n) is 14.0. The van der Waals surface area contributed by atoms with E-state index < -0.39 is 23.0 Å². The predicted octanol–water partition coefficient (Wildman–Crippen LogP) is 5.80. The summed E-state index contributed by atoms with van der Waals surface area (Å²) in [5.74, 6) is -1.33. The Hall–Kier alpha value is -0.870. The van der Waals surface area contributed by atoms with Gasteiger partial charge in [-0.3, -0.25) is 5.41 Å². The number of nitrogens with one attached hydrogen (secondary N) is 1. The molecule has 0 saturated carbocycles. The Kier molecular flexibility index (Phi) is 9.07. The Morgan fingerprint density at radius 1 is 1.26 bits per heavy atom. The van der Waals surface area contributed by atoms with Crippen LogP contribution in [0, 0.1) is 17.0 Å². The van der Waals surface area contributed by atoms with Crippen LogP contribution in [0.15, 0.2) is 12.1 Å². The van der Waals surface area contributed by atoms with E-state index in [4.69, 9.17) is 21.7 Å². The molecule has 0 heterocycles. The number of benzene rings is 1. The van der Waals surface area contributed by atoms with E-state index in [-0.39, 0.29) is 18.3 Å². The highest BCUT2D eigenvalue weighted by atomic mass is 35.5. The van der Waals surface area contributed by atoms with Crippen LogP contribution < -0.4 is 0 Å². The Balaban J connectivity index is 0.00000484. The summed E-state index contributed by atoms with van der Waals surface area (Å²) in [5.41, 5.74) is 0.288. The molecule has 1 rings (SSSR count). The second-order valence-electron chi connectivity index (χ2n) is 6.28. The average molecular weight is 368 g/mol. The number of hydrogen-bond acceptors (Lipinski definition) is 2. The average Bonchev–Trinajstić information content (AvgIpc) is 2.40. The van der Waals surface area contributed by atoms with Gasteiger partial charge in [-0.05, 0) is 36.8 Å². The molecule has 0 aliphatic carbocycles. The molecule has 0 aliphatic rings. The van der Waals surface area contributed by atoms with Gasteiger partial charge in [0.2, 0.25) is 0 Å². The lowest BCUT2D eigenvalue weighted by molar-refractivity contribution is 0.304. The molecule has 6 heteroatoms. The standard InChI is InChI=1S/C17H24ClF2NO.ClH/c1-5-22-16(21)11(7-6-8-18)12-9-13(17(2,3)4)15(20)10-14(12)19;/h9-11,21H,5-8H2,1-4H3;1H. The molecule has 0 aliphatic heterocycles. The molecule has 0 fully saturated rings. The monoisotopic (exact) mass is 367 g/mol. The molecule has 1 unspecified atom stereocenters. The number of alkyl halides is 1. The quantitative estimate of drug-likeness (QED) is 0.384. The smallest absolute Gasteiger partial charge is 0.188 e. The van der Waals surface area contributed by atoms with E-state index >= 15 is 0 Å². The molecule has 0 amide bonds. The van der Waals surface area contributed by atoms with E-state index in [2.05, 4.69) is 0 Å². The molecule has 1 aromatic rings. The van der Waals surface area contributed by atoms with Crippen LogP contribution in [0.5, 0.6) is 0 Å². The molecular formula is C17H25Cl2F2NO. The van der Waals surface area contributed by atoms with Crippen LogP contribution in [-0.2, 0) is 10.2 Å². The van der Waals surface area contributed by atoms with E-state index in [0.717, 1.165) is 6.07 Å². The normalized spacial score (nSPS) is 12.5. The number of rotatable bonds is 6. The molecule has 1 aromatic carbocycles. The third-order valence-corrected chi connectivity index (χ3v) is 3.78. The SMILES string of the molecule is CCOC(=N)C(CCCCl)c1cc(C(C)(C)C)c(F)cc1F.Cl. The molecule has 23 heavy (non-hydrogen) atoms. The summed E-state index contributed by atoms with van der Waals surface area (Å²) in [6, 6.07) is 2.43. The molecule has 2 nitrogen and oxygen atoms in total. The van der Waals surface area contributed by atoms with Gasteiger partial charge in [0.05, 0.1) is 12.5 Å². The second-order valence-corrected chi connectivity index (χ2v) is 6.66. The third kappa shape index (κ3) is 5.92. The first-order valence-electron chi connectivity index (χ1n) is 7.49. The van der Waals surface area contributed by atoms with Gasteiger partial charge < -0.3 is 4.74 Å². The van der Waals surface area contributed by atoms with Gasteiger partial charge in [-0.1, -0.05) is 20.8 Å². The van der Waals surface area contributed by atoms with Gasteiger partial charge in [-0.25, -0.2) is 8.78 Å². The summed E-state index contributed by atoms with van der Waals surface area (Å²) < 4.78 is 33.6. The molecule has 0 bridgehead atoms. The van der Waals surface area contributed by atoms with Gasteiger partial charge in [0.25, 0.3) is 0 Å². The van der Waals surface area contributed by atoms with Crippen LogP contribution in [0.2, 0.25) is 0 Å². The number of halogens is 4. The first kappa shape index (κ1) is 22.1. The van der Waals surface area contributed by atoms with Crippen molar-refractivity contribution in [3.63, 3.8) is 0 Å². The summed E-state index contributed by atoms with van der Waals surface area (Å²) in [6.45, 7) is 7.72. The minimum Gasteiger partial charge on any atom is -0.481 e. The molecule has 132 valence electrons. The van der Waals surface area contributed by atoms with E-state index in [1.807, 2.05) is 20.8 Å². The van der Waals surface area contributed by atoms with Crippen LogP contribution in [0.1, 0.15) is 57.6 Å². The molecule has 1 atom stereocenters. The Morgan fingerprint density at radius 2 is 1.87 bits per heavy atom. The summed E-state index contributed by atoms with van der Waals surface area (Å²) in [7, 11) is 0. The van der Waals surface area contributed by atoms with E-state index in [0.29, 0.717) is 36.5 Å². The maximum absolute atomic E-state index is 14.3. The lowest BCUT2D eigenvalue weighted by Gasteiger charge is -2.24. The summed E-state index contributed by atoms with van der Waals surface area (Å²) >= 11 is 5.72. The minimum absolute atomic E-state index is 0. The van der Waals surface area contributed by atoms with Crippen LogP contribution in [0.4, 0.5) is 8.78 Å². The van der Waals surface area contributed by atoms with Crippen molar-refractivity contribution in [2.75, 3.05) is 12.5 Å². The van der Waals surface area contributed by atoms with Crippen LogP contribution >= 0.6 is 24.0 Å². The molecule has 1 N–H and O–H groups in total. The number of ether oxygens (including phenoxy) is 1. The molecular weight excluding hydrogens is 343 g/mol. The van der Waals surface area contributed by atoms with Gasteiger partial charge in [0.1, 0.15) is 11.6 Å². The largest absolute Gasteiger partial charge is 0.481 e. The lowest BCUT2D eigenvalue weighted by atomic mass is 9.83. The Bertz CT molecular complexity index is 530. The van der Waals surface area contributed by atoms with Crippen LogP contribution in [0.3, 0.4) is 0 Å². The van der Waals surface area contributed by atoms with Gasteiger partial charge in [-0.15, -0.1) is 24.0 Å². The molecule has 0 spiro atoms. The van der Waals surface area contributed by atoms with E-state index in [1.54, 1.807) is 6.92 Å². The van der Waals surface area contributed by atoms with Crippen molar-refractivity contribution in [3.05, 3.63) is 34.9 Å². The predicted molar refractivity (Wildman–Crippen MR) is 94.4 cm³/mol. The maximum Gasteiger partial charge on any atom is 0.188 e.